The molecule has 2 atom stereocenters. The van der Waals surface area contributed by atoms with Crippen LogP contribution in [0.5, 0.6) is 0 Å². The summed E-state index contributed by atoms with van der Waals surface area (Å²) in [6, 6.07) is 20.1. The Kier molecular flexibility index (Phi) is 8.36. The van der Waals surface area contributed by atoms with Crippen molar-refractivity contribution in [3.63, 3.8) is 0 Å². The third-order valence-corrected chi connectivity index (χ3v) is 5.07. The summed E-state index contributed by atoms with van der Waals surface area (Å²) in [7, 11) is 0. The molecule has 1 unspecified atom stereocenters. The number of thioether (sulfide) groups is 1. The highest BCUT2D eigenvalue weighted by molar-refractivity contribution is 7.99. The van der Waals surface area contributed by atoms with Gasteiger partial charge in [0.25, 0.3) is 0 Å². The van der Waals surface area contributed by atoms with Gasteiger partial charge in [0.1, 0.15) is 0 Å². The molecule has 0 amide bonds. The molecule has 0 radical (unpaired) electrons. The van der Waals surface area contributed by atoms with Crippen LogP contribution in [0, 0.1) is 5.92 Å². The van der Waals surface area contributed by atoms with E-state index in [0.717, 1.165) is 6.42 Å². The van der Waals surface area contributed by atoms with Crippen LogP contribution in [0.3, 0.4) is 0 Å². The number of benzene rings is 2. The number of carbonyl (C=O) groups excluding carboxylic acids is 1. The van der Waals surface area contributed by atoms with Crippen LogP contribution in [0.4, 0.5) is 0 Å². The molecule has 0 bridgehead atoms. The van der Waals surface area contributed by atoms with E-state index in [4.69, 9.17) is 0 Å². The van der Waals surface area contributed by atoms with Gasteiger partial charge in [-0.05, 0) is 29.7 Å². The summed E-state index contributed by atoms with van der Waals surface area (Å²) in [5.41, 5.74) is 1.36. The van der Waals surface area contributed by atoms with Crippen LogP contribution < -0.4 is 0 Å². The van der Waals surface area contributed by atoms with Gasteiger partial charge in [0.05, 0.1) is 6.04 Å². The fourth-order valence-electron chi connectivity index (χ4n) is 3.08. The van der Waals surface area contributed by atoms with Crippen molar-refractivity contribution in [2.24, 2.45) is 5.92 Å². The van der Waals surface area contributed by atoms with E-state index in [0.29, 0.717) is 19.0 Å². The van der Waals surface area contributed by atoms with Crippen LogP contribution in [-0.4, -0.2) is 33.5 Å². The van der Waals surface area contributed by atoms with E-state index in [9.17, 15) is 9.90 Å². The summed E-state index contributed by atoms with van der Waals surface area (Å²) in [6.45, 7) is 5.60. The van der Waals surface area contributed by atoms with E-state index in [2.05, 4.69) is 43.0 Å². The lowest BCUT2D eigenvalue weighted by molar-refractivity contribution is -0.129. The Morgan fingerprint density at radius 1 is 0.962 bits per heavy atom. The number of carbonyl (C=O) groups is 1. The predicted octanol–water partition coefficient (Wildman–Crippen LogP) is 4.35. The number of rotatable bonds is 10. The lowest BCUT2D eigenvalue weighted by Crippen LogP contribution is -2.45. The fraction of sp³-hybridized carbons (Fsp3) is 0.409. The molecule has 26 heavy (non-hydrogen) atoms. The van der Waals surface area contributed by atoms with Crippen molar-refractivity contribution < 1.29 is 9.90 Å². The van der Waals surface area contributed by atoms with E-state index in [1.807, 2.05) is 36.4 Å². The summed E-state index contributed by atoms with van der Waals surface area (Å²) in [5, 5.41) is 10.2. The van der Waals surface area contributed by atoms with Gasteiger partial charge in [-0.3, -0.25) is 9.69 Å². The molecule has 3 nitrogen and oxygen atoms in total. The Morgan fingerprint density at radius 3 is 1.81 bits per heavy atom. The number of ketones is 1. The van der Waals surface area contributed by atoms with Crippen LogP contribution >= 0.6 is 11.8 Å². The highest BCUT2D eigenvalue weighted by atomic mass is 32.2. The maximum Gasteiger partial charge on any atom is 0.188 e. The van der Waals surface area contributed by atoms with Crippen LogP contribution in [0.2, 0.25) is 0 Å². The first-order valence-electron chi connectivity index (χ1n) is 9.07. The predicted molar refractivity (Wildman–Crippen MR) is 110 cm³/mol. The average molecular weight is 372 g/mol. The minimum absolute atomic E-state index is 0.0990. The zero-order valence-corrected chi connectivity index (χ0v) is 16.7. The van der Waals surface area contributed by atoms with Crippen molar-refractivity contribution in [2.75, 3.05) is 6.26 Å². The lowest BCUT2D eigenvalue weighted by atomic mass is 9.97. The molecular formula is C22H29NO2S. The molecule has 0 aliphatic carbocycles. The SMILES string of the molecule is CSC(O)C(=O)[C@H](CC(C)C)N(Cc1ccccc1)Cc1ccccc1. The molecule has 0 saturated carbocycles. The van der Waals surface area contributed by atoms with Gasteiger partial charge in [0.2, 0.25) is 0 Å². The number of hydrogen-bond acceptors (Lipinski definition) is 4. The zero-order chi connectivity index (χ0) is 18.9. The standard InChI is InChI=1S/C22H29NO2S/c1-17(2)14-20(21(24)22(25)26-3)23(15-18-10-6-4-7-11-18)16-19-12-8-5-9-13-19/h4-13,17,20,22,25H,14-16H2,1-3H3/t20-,22?/m0/s1. The van der Waals surface area contributed by atoms with Gasteiger partial charge in [-0.25, -0.2) is 0 Å². The highest BCUT2D eigenvalue weighted by Crippen LogP contribution is 2.22. The minimum atomic E-state index is -0.979. The molecule has 2 aromatic rings. The molecule has 0 heterocycles. The van der Waals surface area contributed by atoms with Gasteiger partial charge in [0.15, 0.2) is 11.2 Å². The second-order valence-corrected chi connectivity index (χ2v) is 7.93. The molecule has 2 aromatic carbocycles. The second kappa shape index (κ2) is 10.5. The topological polar surface area (TPSA) is 40.5 Å². The van der Waals surface area contributed by atoms with Crippen molar-refractivity contribution >= 4 is 17.5 Å². The Hall–Kier alpha value is -1.62. The molecule has 0 aliphatic rings. The number of aliphatic hydroxyl groups excluding tert-OH is 1. The Balaban J connectivity index is 2.31. The molecule has 0 aliphatic heterocycles. The third kappa shape index (κ3) is 6.27. The summed E-state index contributed by atoms with van der Waals surface area (Å²) in [5.74, 6) is 0.269. The molecule has 0 spiro atoms. The highest BCUT2D eigenvalue weighted by Gasteiger charge is 2.31. The second-order valence-electron chi connectivity index (χ2n) is 7.01. The van der Waals surface area contributed by atoms with E-state index < -0.39 is 5.44 Å². The van der Waals surface area contributed by atoms with E-state index in [1.165, 1.54) is 22.9 Å². The monoisotopic (exact) mass is 371 g/mol. The molecular weight excluding hydrogens is 342 g/mol. The molecule has 0 fully saturated rings. The third-order valence-electron chi connectivity index (χ3n) is 4.39. The maximum atomic E-state index is 12.9. The van der Waals surface area contributed by atoms with Gasteiger partial charge in [-0.1, -0.05) is 74.5 Å². The van der Waals surface area contributed by atoms with Crippen molar-refractivity contribution in [1.29, 1.82) is 0 Å². The van der Waals surface area contributed by atoms with E-state index in [-0.39, 0.29) is 11.8 Å². The summed E-state index contributed by atoms with van der Waals surface area (Å²) >= 11 is 1.20. The fourth-order valence-corrected chi connectivity index (χ4v) is 3.47. The normalized spacial score (nSPS) is 13.8. The van der Waals surface area contributed by atoms with Crippen molar-refractivity contribution in [3.05, 3.63) is 71.8 Å². The first kappa shape index (κ1) is 20.7. The molecule has 2 rings (SSSR count). The van der Waals surface area contributed by atoms with Crippen LogP contribution in [0.15, 0.2) is 60.7 Å². The molecule has 4 heteroatoms. The summed E-state index contributed by atoms with van der Waals surface area (Å²) < 4.78 is 0. The van der Waals surface area contributed by atoms with E-state index >= 15 is 0 Å². The largest absolute Gasteiger partial charge is 0.375 e. The first-order valence-corrected chi connectivity index (χ1v) is 10.4. The van der Waals surface area contributed by atoms with Crippen LogP contribution in [-0.2, 0) is 17.9 Å². The van der Waals surface area contributed by atoms with Gasteiger partial charge in [-0.15, -0.1) is 11.8 Å². The average Bonchev–Trinajstić information content (AvgIpc) is 2.66. The quantitative estimate of drug-likeness (QED) is 0.630. The molecule has 0 aromatic heterocycles. The Labute approximate surface area is 161 Å². The smallest absolute Gasteiger partial charge is 0.188 e. The number of Topliss-reactive ketones (excluding diaryl/α,β-unsaturated/α-hetero) is 1. The van der Waals surface area contributed by atoms with E-state index in [1.54, 1.807) is 6.26 Å². The van der Waals surface area contributed by atoms with Crippen molar-refractivity contribution in [1.82, 2.24) is 4.90 Å². The Bertz CT molecular complexity index is 619. The number of nitrogens with zero attached hydrogens (tertiary/aromatic N) is 1. The zero-order valence-electron chi connectivity index (χ0n) is 15.8. The van der Waals surface area contributed by atoms with Gasteiger partial charge in [-0.2, -0.15) is 0 Å². The first-order chi connectivity index (χ1) is 12.5. The van der Waals surface area contributed by atoms with Crippen LogP contribution in [0.1, 0.15) is 31.4 Å². The molecule has 1 N–H and O–H groups in total. The Morgan fingerprint density at radius 2 is 1.42 bits per heavy atom. The summed E-state index contributed by atoms with van der Waals surface area (Å²) in [4.78, 5) is 15.1. The van der Waals surface area contributed by atoms with Gasteiger partial charge >= 0.3 is 0 Å². The molecule has 140 valence electrons. The van der Waals surface area contributed by atoms with Gasteiger partial charge in [0, 0.05) is 13.1 Å². The van der Waals surface area contributed by atoms with Crippen LogP contribution in [0.25, 0.3) is 0 Å². The maximum absolute atomic E-state index is 12.9. The molecule has 0 saturated heterocycles. The summed E-state index contributed by atoms with van der Waals surface area (Å²) in [6.07, 6.45) is 2.50. The number of aliphatic hydroxyl groups is 1. The van der Waals surface area contributed by atoms with Crippen molar-refractivity contribution in [2.45, 2.75) is 44.8 Å². The lowest BCUT2D eigenvalue weighted by Gasteiger charge is -2.33. The van der Waals surface area contributed by atoms with Crippen molar-refractivity contribution in [3.8, 4) is 0 Å². The van der Waals surface area contributed by atoms with Gasteiger partial charge < -0.3 is 5.11 Å². The number of hydrogen-bond donors (Lipinski definition) is 1. The minimum Gasteiger partial charge on any atom is -0.375 e.